The van der Waals surface area contributed by atoms with Crippen LogP contribution in [0, 0.1) is 11.3 Å². The zero-order valence-electron chi connectivity index (χ0n) is 14.0. The van der Waals surface area contributed by atoms with Crippen molar-refractivity contribution in [1.29, 1.82) is 5.26 Å². The van der Waals surface area contributed by atoms with Gasteiger partial charge in [-0.2, -0.15) is 5.26 Å². The molecule has 0 radical (unpaired) electrons. The van der Waals surface area contributed by atoms with Crippen LogP contribution in [0.3, 0.4) is 0 Å². The lowest BCUT2D eigenvalue weighted by Crippen LogP contribution is -2.19. The summed E-state index contributed by atoms with van der Waals surface area (Å²) in [6, 6.07) is 9.62. The number of hydrogen-bond donors (Lipinski definition) is 3. The van der Waals surface area contributed by atoms with Gasteiger partial charge in [-0.3, -0.25) is 4.99 Å². The lowest BCUT2D eigenvalue weighted by Gasteiger charge is -2.10. The molecule has 1 aromatic carbocycles. The van der Waals surface area contributed by atoms with Crippen molar-refractivity contribution in [3.8, 4) is 22.9 Å². The topological polar surface area (TPSA) is 122 Å². The molecule has 0 saturated carbocycles. The predicted molar refractivity (Wildman–Crippen MR) is 105 cm³/mol. The van der Waals surface area contributed by atoms with Crippen LogP contribution in [0.2, 0.25) is 0 Å². The molecule has 4 rings (SSSR count). The first-order valence-electron chi connectivity index (χ1n) is 7.98. The highest BCUT2D eigenvalue weighted by Gasteiger charge is 2.24. The summed E-state index contributed by atoms with van der Waals surface area (Å²) in [5.41, 5.74) is 14.9. The SMILES string of the molecule is COc1ccc(-c2c(C#N)c(N)nc3sc(C4=NCCN4)c(N)c23)cc1. The van der Waals surface area contributed by atoms with Gasteiger partial charge in [-0.25, -0.2) is 4.98 Å². The molecule has 130 valence electrons. The van der Waals surface area contributed by atoms with Gasteiger partial charge in [0, 0.05) is 17.5 Å². The van der Waals surface area contributed by atoms with Crippen LogP contribution in [0.4, 0.5) is 11.5 Å². The van der Waals surface area contributed by atoms with Crippen molar-refractivity contribution < 1.29 is 4.74 Å². The first kappa shape index (κ1) is 16.2. The van der Waals surface area contributed by atoms with Crippen LogP contribution < -0.4 is 21.5 Å². The van der Waals surface area contributed by atoms with Gasteiger partial charge in [-0.1, -0.05) is 12.1 Å². The molecular formula is C18H16N6OS. The van der Waals surface area contributed by atoms with Crippen LogP contribution in [0.5, 0.6) is 5.75 Å². The minimum Gasteiger partial charge on any atom is -0.497 e. The second kappa shape index (κ2) is 6.20. The second-order valence-corrected chi connectivity index (χ2v) is 6.77. The van der Waals surface area contributed by atoms with Gasteiger partial charge in [-0.15, -0.1) is 11.3 Å². The Labute approximate surface area is 153 Å². The molecule has 5 N–H and O–H groups in total. The van der Waals surface area contributed by atoms with Gasteiger partial charge < -0.3 is 21.5 Å². The molecule has 0 fully saturated rings. The van der Waals surface area contributed by atoms with Crippen LogP contribution in [-0.2, 0) is 0 Å². The van der Waals surface area contributed by atoms with Crippen molar-refractivity contribution in [2.24, 2.45) is 4.99 Å². The number of aromatic nitrogens is 1. The van der Waals surface area contributed by atoms with E-state index in [0.29, 0.717) is 28.2 Å². The van der Waals surface area contributed by atoms with E-state index < -0.39 is 0 Å². The lowest BCUT2D eigenvalue weighted by atomic mass is 9.97. The molecule has 3 heterocycles. The lowest BCUT2D eigenvalue weighted by molar-refractivity contribution is 0.415. The summed E-state index contributed by atoms with van der Waals surface area (Å²) in [7, 11) is 1.61. The van der Waals surface area contributed by atoms with Gasteiger partial charge in [0.15, 0.2) is 0 Å². The number of nitrogens with two attached hydrogens (primary N) is 2. The summed E-state index contributed by atoms with van der Waals surface area (Å²) >= 11 is 1.43. The highest BCUT2D eigenvalue weighted by atomic mass is 32.1. The predicted octanol–water partition coefficient (Wildman–Crippen LogP) is 2.36. The zero-order chi connectivity index (χ0) is 18.3. The third-order valence-corrected chi connectivity index (χ3v) is 5.39. The fourth-order valence-electron chi connectivity index (χ4n) is 3.06. The van der Waals surface area contributed by atoms with Crippen molar-refractivity contribution in [3.63, 3.8) is 0 Å². The Hall–Kier alpha value is -3.31. The van der Waals surface area contributed by atoms with Crippen molar-refractivity contribution in [2.45, 2.75) is 0 Å². The molecule has 3 aromatic rings. The summed E-state index contributed by atoms with van der Waals surface area (Å²) in [5.74, 6) is 1.69. The monoisotopic (exact) mass is 364 g/mol. The number of nitrogen functional groups attached to an aromatic ring is 2. The molecule has 1 aliphatic heterocycles. The summed E-state index contributed by atoms with van der Waals surface area (Å²) in [6.07, 6.45) is 0. The van der Waals surface area contributed by atoms with E-state index in [2.05, 4.69) is 21.4 Å². The summed E-state index contributed by atoms with van der Waals surface area (Å²) < 4.78 is 5.22. The van der Waals surface area contributed by atoms with Gasteiger partial charge in [0.1, 0.15) is 33.9 Å². The average Bonchev–Trinajstić information content (AvgIpc) is 3.29. The minimum atomic E-state index is 0.194. The number of pyridine rings is 1. The minimum absolute atomic E-state index is 0.194. The number of nitriles is 1. The number of anilines is 2. The number of hydrogen-bond acceptors (Lipinski definition) is 8. The second-order valence-electron chi connectivity index (χ2n) is 5.77. The Bertz CT molecular complexity index is 1080. The van der Waals surface area contributed by atoms with Crippen molar-refractivity contribution in [3.05, 3.63) is 34.7 Å². The van der Waals surface area contributed by atoms with Gasteiger partial charge in [0.05, 0.1) is 24.2 Å². The number of methoxy groups -OCH3 is 1. The molecule has 0 unspecified atom stereocenters. The molecule has 0 saturated heterocycles. The van der Waals surface area contributed by atoms with E-state index in [1.165, 1.54) is 11.3 Å². The quantitative estimate of drug-likeness (QED) is 0.656. The maximum Gasteiger partial charge on any atom is 0.143 e. The molecule has 0 atom stereocenters. The average molecular weight is 364 g/mol. The third kappa shape index (κ3) is 2.41. The fourth-order valence-corrected chi connectivity index (χ4v) is 4.15. The molecule has 0 aliphatic carbocycles. The third-order valence-electron chi connectivity index (χ3n) is 4.28. The zero-order valence-corrected chi connectivity index (χ0v) is 14.9. The summed E-state index contributed by atoms with van der Waals surface area (Å²) in [6.45, 7) is 1.50. The molecular weight excluding hydrogens is 348 g/mol. The molecule has 0 amide bonds. The standard InChI is InChI=1S/C18H16N6OS/c1-25-10-4-2-9(3-5-10)12-11(8-19)16(21)24-18-13(12)14(20)15(26-18)17-22-6-7-23-17/h2-5H,6-7,20H2,1H3,(H2,21,24)(H,22,23). The van der Waals surface area contributed by atoms with Crippen molar-refractivity contribution in [2.75, 3.05) is 31.7 Å². The number of rotatable bonds is 3. The van der Waals surface area contributed by atoms with Crippen LogP contribution >= 0.6 is 11.3 Å². The molecule has 7 nitrogen and oxygen atoms in total. The number of nitrogens with zero attached hydrogens (tertiary/aromatic N) is 3. The normalized spacial score (nSPS) is 13.3. The van der Waals surface area contributed by atoms with Gasteiger partial charge in [0.25, 0.3) is 0 Å². The van der Waals surface area contributed by atoms with Crippen LogP contribution in [-0.4, -0.2) is 31.0 Å². The molecule has 0 bridgehead atoms. The highest BCUT2D eigenvalue weighted by molar-refractivity contribution is 7.21. The first-order chi connectivity index (χ1) is 12.6. The van der Waals surface area contributed by atoms with Crippen LogP contribution in [0.25, 0.3) is 21.3 Å². The first-order valence-corrected chi connectivity index (χ1v) is 8.80. The van der Waals surface area contributed by atoms with Crippen LogP contribution in [0.1, 0.15) is 10.4 Å². The van der Waals surface area contributed by atoms with E-state index in [4.69, 9.17) is 16.2 Å². The number of nitrogens with one attached hydrogen (secondary N) is 1. The van der Waals surface area contributed by atoms with Crippen molar-refractivity contribution in [1.82, 2.24) is 10.3 Å². The Balaban J connectivity index is 2.03. The molecule has 8 heteroatoms. The molecule has 1 aliphatic rings. The van der Waals surface area contributed by atoms with E-state index in [0.717, 1.165) is 34.0 Å². The number of aliphatic imine (C=N–C) groups is 1. The van der Waals surface area contributed by atoms with Gasteiger partial charge in [0.2, 0.25) is 0 Å². The number of thiophene rings is 1. The number of ether oxygens (including phenoxy) is 1. The Morgan fingerprint density at radius 1 is 1.27 bits per heavy atom. The maximum absolute atomic E-state index is 9.66. The Morgan fingerprint density at radius 3 is 2.65 bits per heavy atom. The van der Waals surface area contributed by atoms with E-state index in [1.54, 1.807) is 7.11 Å². The van der Waals surface area contributed by atoms with Gasteiger partial charge >= 0.3 is 0 Å². The maximum atomic E-state index is 9.66. The van der Waals surface area contributed by atoms with E-state index >= 15 is 0 Å². The van der Waals surface area contributed by atoms with Crippen molar-refractivity contribution >= 4 is 38.9 Å². The summed E-state index contributed by atoms with van der Waals surface area (Å²) in [4.78, 5) is 10.4. The molecule has 2 aromatic heterocycles. The largest absolute Gasteiger partial charge is 0.497 e. The van der Waals surface area contributed by atoms with E-state index in [1.807, 2.05) is 24.3 Å². The Kier molecular flexibility index (Phi) is 3.86. The molecule has 0 spiro atoms. The number of amidine groups is 1. The Morgan fingerprint density at radius 2 is 2.04 bits per heavy atom. The van der Waals surface area contributed by atoms with E-state index in [-0.39, 0.29) is 5.82 Å². The van der Waals surface area contributed by atoms with Gasteiger partial charge in [-0.05, 0) is 17.7 Å². The number of fused-ring (bicyclic) bond motifs is 1. The molecule has 26 heavy (non-hydrogen) atoms. The smallest absolute Gasteiger partial charge is 0.143 e. The van der Waals surface area contributed by atoms with E-state index in [9.17, 15) is 5.26 Å². The number of benzene rings is 1. The highest BCUT2D eigenvalue weighted by Crippen LogP contribution is 2.43. The summed E-state index contributed by atoms with van der Waals surface area (Å²) in [5, 5.41) is 13.6. The van der Waals surface area contributed by atoms with Crippen LogP contribution in [0.15, 0.2) is 29.3 Å². The fraction of sp³-hybridized carbons (Fsp3) is 0.167.